The average molecular weight is 323 g/mol. The number of carbonyl (C=O) groups is 1. The number of anilines is 1. The van der Waals surface area contributed by atoms with Crippen molar-refractivity contribution in [2.75, 3.05) is 23.4 Å². The Hall–Kier alpha value is -0.490. The number of benzene rings is 1. The molecule has 0 radical (unpaired) electrons. The van der Waals surface area contributed by atoms with Crippen molar-refractivity contribution in [2.45, 2.75) is 12.5 Å². The molecular formula is C12H13Cl2FN2OS. The van der Waals surface area contributed by atoms with Crippen molar-refractivity contribution in [3.8, 4) is 0 Å². The SMILES string of the molecule is O=C(CC1CSCCN1)Nc1c(Cl)cc(F)cc1Cl. The van der Waals surface area contributed by atoms with Crippen LogP contribution in [0.5, 0.6) is 0 Å². The van der Waals surface area contributed by atoms with Crippen molar-refractivity contribution >= 4 is 46.6 Å². The minimum Gasteiger partial charge on any atom is -0.323 e. The molecule has 1 saturated heterocycles. The van der Waals surface area contributed by atoms with E-state index in [0.717, 1.165) is 30.2 Å². The molecule has 0 bridgehead atoms. The lowest BCUT2D eigenvalue weighted by atomic mass is 10.2. The molecule has 0 aliphatic carbocycles. The van der Waals surface area contributed by atoms with Crippen LogP contribution in [0.3, 0.4) is 0 Å². The van der Waals surface area contributed by atoms with E-state index in [1.165, 1.54) is 0 Å². The minimum absolute atomic E-state index is 0.101. The summed E-state index contributed by atoms with van der Waals surface area (Å²) < 4.78 is 13.0. The second-order valence-electron chi connectivity index (χ2n) is 4.22. The van der Waals surface area contributed by atoms with E-state index in [2.05, 4.69) is 10.6 Å². The molecule has 1 heterocycles. The van der Waals surface area contributed by atoms with Crippen LogP contribution in [0.15, 0.2) is 12.1 Å². The number of thioether (sulfide) groups is 1. The zero-order chi connectivity index (χ0) is 13.8. The lowest BCUT2D eigenvalue weighted by Gasteiger charge is -2.22. The Labute approximate surface area is 125 Å². The molecule has 19 heavy (non-hydrogen) atoms. The zero-order valence-electron chi connectivity index (χ0n) is 10.0. The summed E-state index contributed by atoms with van der Waals surface area (Å²) in [6.45, 7) is 0.903. The van der Waals surface area contributed by atoms with Gasteiger partial charge in [-0.05, 0) is 12.1 Å². The molecule has 0 saturated carbocycles. The fourth-order valence-electron chi connectivity index (χ4n) is 1.83. The first-order chi connectivity index (χ1) is 9.06. The Morgan fingerprint density at radius 2 is 2.16 bits per heavy atom. The maximum Gasteiger partial charge on any atom is 0.226 e. The molecule has 104 valence electrons. The second kappa shape index (κ2) is 6.79. The Bertz CT molecular complexity index is 458. The van der Waals surface area contributed by atoms with E-state index >= 15 is 0 Å². The molecule has 2 N–H and O–H groups in total. The monoisotopic (exact) mass is 322 g/mol. The fraction of sp³-hybridized carbons (Fsp3) is 0.417. The molecule has 2 rings (SSSR count). The number of amides is 1. The van der Waals surface area contributed by atoms with Crippen LogP contribution in [-0.4, -0.2) is 30.0 Å². The van der Waals surface area contributed by atoms with Gasteiger partial charge < -0.3 is 10.6 Å². The lowest BCUT2D eigenvalue weighted by Crippen LogP contribution is -2.39. The first kappa shape index (κ1) is 14.9. The van der Waals surface area contributed by atoms with Crippen LogP contribution >= 0.6 is 35.0 Å². The Balaban J connectivity index is 1.98. The Kier molecular flexibility index (Phi) is 5.33. The quantitative estimate of drug-likeness (QED) is 0.898. The molecule has 1 amide bonds. The van der Waals surface area contributed by atoms with E-state index in [0.29, 0.717) is 6.42 Å². The van der Waals surface area contributed by atoms with Gasteiger partial charge in [0.15, 0.2) is 0 Å². The summed E-state index contributed by atoms with van der Waals surface area (Å²) >= 11 is 13.5. The van der Waals surface area contributed by atoms with E-state index < -0.39 is 5.82 Å². The van der Waals surface area contributed by atoms with Gasteiger partial charge in [0, 0.05) is 30.5 Å². The maximum atomic E-state index is 13.0. The van der Waals surface area contributed by atoms with Gasteiger partial charge >= 0.3 is 0 Å². The van der Waals surface area contributed by atoms with Gasteiger partial charge in [-0.25, -0.2) is 4.39 Å². The molecule has 1 aromatic carbocycles. The predicted octanol–water partition coefficient (Wildman–Crippen LogP) is 3.17. The van der Waals surface area contributed by atoms with Crippen molar-refractivity contribution in [3.63, 3.8) is 0 Å². The van der Waals surface area contributed by atoms with E-state index in [1.807, 2.05) is 11.8 Å². The first-order valence-electron chi connectivity index (χ1n) is 5.82. The number of hydrogen-bond acceptors (Lipinski definition) is 3. The summed E-state index contributed by atoms with van der Waals surface area (Å²) in [5.41, 5.74) is 0.262. The van der Waals surface area contributed by atoms with Crippen LogP contribution in [0.1, 0.15) is 6.42 Å². The highest BCUT2D eigenvalue weighted by Gasteiger charge is 2.18. The van der Waals surface area contributed by atoms with Gasteiger partial charge in [-0.1, -0.05) is 23.2 Å². The molecule has 7 heteroatoms. The van der Waals surface area contributed by atoms with Crippen LogP contribution in [0.4, 0.5) is 10.1 Å². The fourth-order valence-corrected chi connectivity index (χ4v) is 3.33. The van der Waals surface area contributed by atoms with Crippen LogP contribution in [0, 0.1) is 5.82 Å². The largest absolute Gasteiger partial charge is 0.323 e. The summed E-state index contributed by atoms with van der Waals surface area (Å²) in [6.07, 6.45) is 0.344. The van der Waals surface area contributed by atoms with Gasteiger partial charge in [-0.3, -0.25) is 4.79 Å². The van der Waals surface area contributed by atoms with Gasteiger partial charge in [0.1, 0.15) is 5.82 Å². The van der Waals surface area contributed by atoms with E-state index in [9.17, 15) is 9.18 Å². The Morgan fingerprint density at radius 3 is 2.74 bits per heavy atom. The number of rotatable bonds is 3. The molecule has 0 aromatic heterocycles. The molecule has 1 aliphatic rings. The highest BCUT2D eigenvalue weighted by Crippen LogP contribution is 2.31. The molecule has 1 aliphatic heterocycles. The third-order valence-electron chi connectivity index (χ3n) is 2.70. The average Bonchev–Trinajstić information content (AvgIpc) is 2.35. The van der Waals surface area contributed by atoms with Crippen LogP contribution in [-0.2, 0) is 4.79 Å². The predicted molar refractivity (Wildman–Crippen MR) is 78.8 cm³/mol. The van der Waals surface area contributed by atoms with Crippen molar-refractivity contribution < 1.29 is 9.18 Å². The summed E-state index contributed by atoms with van der Waals surface area (Å²) in [6, 6.07) is 2.40. The highest BCUT2D eigenvalue weighted by molar-refractivity contribution is 7.99. The van der Waals surface area contributed by atoms with Gasteiger partial charge in [0.05, 0.1) is 15.7 Å². The van der Waals surface area contributed by atoms with E-state index in [4.69, 9.17) is 23.2 Å². The van der Waals surface area contributed by atoms with Gasteiger partial charge in [0.25, 0.3) is 0 Å². The van der Waals surface area contributed by atoms with Gasteiger partial charge in [0.2, 0.25) is 5.91 Å². The highest BCUT2D eigenvalue weighted by atomic mass is 35.5. The maximum absolute atomic E-state index is 13.0. The number of halogens is 3. The van der Waals surface area contributed by atoms with Crippen molar-refractivity contribution in [1.82, 2.24) is 5.32 Å². The number of hydrogen-bond donors (Lipinski definition) is 2. The Morgan fingerprint density at radius 1 is 1.47 bits per heavy atom. The molecule has 3 nitrogen and oxygen atoms in total. The van der Waals surface area contributed by atoms with Crippen molar-refractivity contribution in [1.29, 1.82) is 0 Å². The standard InChI is InChI=1S/C12H13Cl2FN2OS/c13-9-3-7(15)4-10(14)12(9)17-11(18)5-8-6-19-2-1-16-8/h3-4,8,16H,1-2,5-6H2,(H,17,18). The number of carbonyl (C=O) groups excluding carboxylic acids is 1. The summed E-state index contributed by atoms with van der Waals surface area (Å²) in [5, 5.41) is 6.10. The van der Waals surface area contributed by atoms with E-state index in [1.54, 1.807) is 0 Å². The molecule has 1 atom stereocenters. The summed E-state index contributed by atoms with van der Waals surface area (Å²) in [7, 11) is 0. The topological polar surface area (TPSA) is 41.1 Å². The molecule has 1 aromatic rings. The van der Waals surface area contributed by atoms with Crippen LogP contribution in [0.2, 0.25) is 10.0 Å². The lowest BCUT2D eigenvalue weighted by molar-refractivity contribution is -0.116. The second-order valence-corrected chi connectivity index (χ2v) is 6.19. The van der Waals surface area contributed by atoms with E-state index in [-0.39, 0.29) is 27.7 Å². The first-order valence-corrected chi connectivity index (χ1v) is 7.73. The summed E-state index contributed by atoms with van der Waals surface area (Å²) in [5.74, 6) is 1.25. The smallest absolute Gasteiger partial charge is 0.226 e. The van der Waals surface area contributed by atoms with Crippen molar-refractivity contribution in [3.05, 3.63) is 28.0 Å². The van der Waals surface area contributed by atoms with Crippen LogP contribution in [0.25, 0.3) is 0 Å². The van der Waals surface area contributed by atoms with Crippen molar-refractivity contribution in [2.24, 2.45) is 0 Å². The molecule has 0 spiro atoms. The summed E-state index contributed by atoms with van der Waals surface area (Å²) in [4.78, 5) is 11.9. The third-order valence-corrected chi connectivity index (χ3v) is 4.43. The molecule has 1 fully saturated rings. The zero-order valence-corrected chi connectivity index (χ0v) is 12.3. The minimum atomic E-state index is -0.529. The third kappa shape index (κ3) is 4.24. The normalized spacial score (nSPS) is 19.2. The molecule has 1 unspecified atom stereocenters. The molecular weight excluding hydrogens is 310 g/mol. The number of nitrogens with one attached hydrogen (secondary N) is 2. The van der Waals surface area contributed by atoms with Gasteiger partial charge in [-0.15, -0.1) is 0 Å². The van der Waals surface area contributed by atoms with Gasteiger partial charge in [-0.2, -0.15) is 11.8 Å². The van der Waals surface area contributed by atoms with Crippen LogP contribution < -0.4 is 10.6 Å².